The van der Waals surface area contributed by atoms with Crippen LogP contribution in [0.2, 0.25) is 0 Å². The summed E-state index contributed by atoms with van der Waals surface area (Å²) in [6, 6.07) is 13.9. The summed E-state index contributed by atoms with van der Waals surface area (Å²) < 4.78 is 45.6. The second-order valence-corrected chi connectivity index (χ2v) is 7.60. The predicted octanol–water partition coefficient (Wildman–Crippen LogP) is 4.68. The molecule has 33 heavy (non-hydrogen) atoms. The van der Waals surface area contributed by atoms with Crippen LogP contribution in [0.4, 0.5) is 13.2 Å². The van der Waals surface area contributed by atoms with Gasteiger partial charge >= 0.3 is 6.18 Å². The molecule has 0 spiro atoms. The Labute approximate surface area is 188 Å². The molecule has 0 aliphatic rings. The van der Waals surface area contributed by atoms with E-state index in [0.717, 1.165) is 28.7 Å². The second kappa shape index (κ2) is 9.41. The van der Waals surface area contributed by atoms with Gasteiger partial charge in [-0.25, -0.2) is 9.97 Å². The summed E-state index contributed by atoms with van der Waals surface area (Å²) >= 11 is 0. The fraction of sp³-hybridized carbons (Fsp3) is 0.208. The van der Waals surface area contributed by atoms with Crippen LogP contribution in [0.3, 0.4) is 0 Å². The molecule has 170 valence electrons. The van der Waals surface area contributed by atoms with Gasteiger partial charge in [0, 0.05) is 26.2 Å². The summed E-state index contributed by atoms with van der Waals surface area (Å²) in [7, 11) is 1.90. The monoisotopic (exact) mass is 454 g/mol. The lowest BCUT2D eigenvalue weighted by molar-refractivity contribution is -0.137. The summed E-state index contributed by atoms with van der Waals surface area (Å²) in [6.07, 6.45) is -0.963. The first-order valence-corrected chi connectivity index (χ1v) is 10.2. The van der Waals surface area contributed by atoms with E-state index in [1.165, 1.54) is 18.5 Å². The summed E-state index contributed by atoms with van der Waals surface area (Å²) in [5.41, 5.74) is 1.56. The quantitative estimate of drug-likeness (QED) is 0.419. The molecule has 6 nitrogen and oxygen atoms in total. The molecule has 2 heterocycles. The van der Waals surface area contributed by atoms with Gasteiger partial charge in [0.15, 0.2) is 5.78 Å². The summed E-state index contributed by atoms with van der Waals surface area (Å²) in [6.45, 7) is 0.585. The third-order valence-corrected chi connectivity index (χ3v) is 5.10. The molecule has 4 rings (SSSR count). The first kappa shape index (κ1) is 22.5. The van der Waals surface area contributed by atoms with Crippen LogP contribution >= 0.6 is 0 Å². The molecule has 2 aromatic heterocycles. The van der Waals surface area contributed by atoms with Gasteiger partial charge < -0.3 is 14.6 Å². The first-order valence-electron chi connectivity index (χ1n) is 10.2. The number of nitrogens with zero attached hydrogens (tertiary/aromatic N) is 3. The van der Waals surface area contributed by atoms with E-state index >= 15 is 0 Å². The lowest BCUT2D eigenvalue weighted by Crippen LogP contribution is -2.23. The van der Waals surface area contributed by atoms with Crippen molar-refractivity contribution in [3.05, 3.63) is 83.8 Å². The van der Waals surface area contributed by atoms with Gasteiger partial charge in [0.05, 0.1) is 17.5 Å². The van der Waals surface area contributed by atoms with Crippen molar-refractivity contribution >= 4 is 16.8 Å². The van der Waals surface area contributed by atoms with Crippen LogP contribution in [0.5, 0.6) is 11.6 Å². The lowest BCUT2D eigenvalue weighted by Gasteiger charge is -2.09. The van der Waals surface area contributed by atoms with E-state index in [9.17, 15) is 18.0 Å². The average Bonchev–Trinajstić information content (AvgIpc) is 3.17. The normalized spacial score (nSPS) is 11.6. The molecular weight excluding hydrogens is 433 g/mol. The van der Waals surface area contributed by atoms with Crippen molar-refractivity contribution in [2.75, 3.05) is 6.54 Å². The number of fused-ring (bicyclic) bond motifs is 1. The second-order valence-electron chi connectivity index (χ2n) is 7.60. The Bertz CT molecular complexity index is 1250. The van der Waals surface area contributed by atoms with E-state index in [4.69, 9.17) is 4.74 Å². The maximum Gasteiger partial charge on any atom is 0.416 e. The summed E-state index contributed by atoms with van der Waals surface area (Å²) in [5.74, 6) is 0.992. The highest BCUT2D eigenvalue weighted by Crippen LogP contribution is 2.29. The number of Topliss-reactive ketones (excluding diaryl/α,β-unsaturated/α-hetero) is 1. The number of nitrogens with one attached hydrogen (secondary N) is 1. The molecule has 0 unspecified atom stereocenters. The van der Waals surface area contributed by atoms with Gasteiger partial charge in [0.25, 0.3) is 0 Å². The Kier molecular flexibility index (Phi) is 6.41. The van der Waals surface area contributed by atoms with E-state index < -0.39 is 11.7 Å². The maximum atomic E-state index is 12.6. The van der Waals surface area contributed by atoms with E-state index in [0.29, 0.717) is 23.7 Å². The van der Waals surface area contributed by atoms with Crippen LogP contribution in [-0.2, 0) is 31.0 Å². The molecule has 9 heteroatoms. The largest absolute Gasteiger partial charge is 0.438 e. The van der Waals surface area contributed by atoms with Crippen molar-refractivity contribution < 1.29 is 22.7 Å². The number of ether oxygens (including phenoxy) is 1. The molecule has 0 saturated carbocycles. The zero-order valence-electron chi connectivity index (χ0n) is 17.8. The van der Waals surface area contributed by atoms with Crippen molar-refractivity contribution in [2.24, 2.45) is 7.05 Å². The van der Waals surface area contributed by atoms with Gasteiger partial charge in [0.2, 0.25) is 5.88 Å². The number of halogens is 3. The topological polar surface area (TPSA) is 69.0 Å². The molecule has 0 bridgehead atoms. The lowest BCUT2D eigenvalue weighted by atomic mass is 10.1. The minimum Gasteiger partial charge on any atom is -0.438 e. The van der Waals surface area contributed by atoms with Crippen LogP contribution < -0.4 is 10.1 Å². The number of alkyl halides is 3. The SMILES string of the molecule is Cn1ccc2c(Oc3ccc(CNCC(=O)Cc4ccc(C(F)(F)F)cc4)cc3)ncnc21. The minimum absolute atomic E-state index is 0.0742. The predicted molar refractivity (Wildman–Crippen MR) is 117 cm³/mol. The Morgan fingerprint density at radius 2 is 1.70 bits per heavy atom. The minimum atomic E-state index is -4.38. The van der Waals surface area contributed by atoms with Crippen molar-refractivity contribution in [1.82, 2.24) is 19.9 Å². The van der Waals surface area contributed by atoms with Crippen molar-refractivity contribution in [3.63, 3.8) is 0 Å². The number of aromatic nitrogens is 3. The number of carbonyl (C=O) groups is 1. The third kappa shape index (κ3) is 5.56. The highest BCUT2D eigenvalue weighted by atomic mass is 19.4. The molecule has 2 aromatic carbocycles. The van der Waals surface area contributed by atoms with Crippen molar-refractivity contribution in [3.8, 4) is 11.6 Å². The van der Waals surface area contributed by atoms with Crippen LogP contribution in [0.25, 0.3) is 11.0 Å². The zero-order chi connectivity index (χ0) is 23.4. The number of hydrogen-bond donors (Lipinski definition) is 1. The number of aryl methyl sites for hydroxylation is 1. The Hall–Kier alpha value is -3.72. The number of ketones is 1. The van der Waals surface area contributed by atoms with Crippen molar-refractivity contribution in [1.29, 1.82) is 0 Å². The summed E-state index contributed by atoms with van der Waals surface area (Å²) in [5, 5.41) is 3.88. The Morgan fingerprint density at radius 3 is 2.39 bits per heavy atom. The van der Waals surface area contributed by atoms with E-state index in [-0.39, 0.29) is 18.7 Å². The molecule has 1 N–H and O–H groups in total. The molecule has 0 aliphatic carbocycles. The van der Waals surface area contributed by atoms with Gasteiger partial charge in [-0.15, -0.1) is 0 Å². The zero-order valence-corrected chi connectivity index (χ0v) is 17.8. The Balaban J connectivity index is 1.27. The molecular formula is C24H21F3N4O2. The number of carbonyl (C=O) groups excluding carboxylic acids is 1. The highest BCUT2D eigenvalue weighted by molar-refractivity contribution is 5.83. The maximum absolute atomic E-state index is 12.6. The van der Waals surface area contributed by atoms with E-state index in [2.05, 4.69) is 15.3 Å². The molecule has 0 amide bonds. The average molecular weight is 454 g/mol. The molecule has 0 saturated heterocycles. The van der Waals surface area contributed by atoms with Crippen LogP contribution in [0.15, 0.2) is 67.1 Å². The van der Waals surface area contributed by atoms with Gasteiger partial charge in [0.1, 0.15) is 17.7 Å². The van der Waals surface area contributed by atoms with Gasteiger partial charge in [-0.1, -0.05) is 24.3 Å². The molecule has 0 aliphatic heterocycles. The third-order valence-electron chi connectivity index (χ3n) is 5.10. The highest BCUT2D eigenvalue weighted by Gasteiger charge is 2.29. The van der Waals surface area contributed by atoms with E-state index in [1.807, 2.05) is 48.1 Å². The number of hydrogen-bond acceptors (Lipinski definition) is 5. The molecule has 4 aromatic rings. The van der Waals surface area contributed by atoms with E-state index in [1.54, 1.807) is 0 Å². The molecule has 0 atom stereocenters. The van der Waals surface area contributed by atoms with Crippen molar-refractivity contribution in [2.45, 2.75) is 19.1 Å². The number of benzene rings is 2. The van der Waals surface area contributed by atoms with Gasteiger partial charge in [-0.05, 0) is 41.5 Å². The standard InChI is InChI=1S/C24H21F3N4O2/c1-31-11-10-21-22(31)29-15-30-23(21)33-20-8-4-17(5-9-20)13-28-14-19(32)12-16-2-6-18(7-3-16)24(25,26)27/h2-11,15,28H,12-14H2,1H3. The smallest absolute Gasteiger partial charge is 0.416 e. The fourth-order valence-corrected chi connectivity index (χ4v) is 3.37. The number of rotatable bonds is 8. The van der Waals surface area contributed by atoms with Crippen LogP contribution in [-0.4, -0.2) is 26.9 Å². The van der Waals surface area contributed by atoms with Gasteiger partial charge in [-0.2, -0.15) is 13.2 Å². The Morgan fingerprint density at radius 1 is 1.00 bits per heavy atom. The molecule has 0 fully saturated rings. The summed E-state index contributed by atoms with van der Waals surface area (Å²) in [4.78, 5) is 20.6. The molecule has 0 radical (unpaired) electrons. The fourth-order valence-electron chi connectivity index (χ4n) is 3.37. The first-order chi connectivity index (χ1) is 15.8. The van der Waals surface area contributed by atoms with Gasteiger partial charge in [-0.3, -0.25) is 4.79 Å². The van der Waals surface area contributed by atoms with Crippen LogP contribution in [0, 0.1) is 0 Å². The van der Waals surface area contributed by atoms with Crippen LogP contribution in [0.1, 0.15) is 16.7 Å².